The Balaban J connectivity index is 2.62. The standard InChI is InChI=1S/C11H12BrN3O/c1-7-13-11(15(2)14-7)9-6-8(12)4-5-10(9)16-3/h4-6H,1-3H3. The minimum atomic E-state index is 0.750. The lowest BCUT2D eigenvalue weighted by Crippen LogP contribution is -1.97. The number of benzene rings is 1. The number of aryl methyl sites for hydroxylation is 2. The van der Waals surface area contributed by atoms with E-state index in [2.05, 4.69) is 26.0 Å². The first-order valence-electron chi connectivity index (χ1n) is 4.83. The largest absolute Gasteiger partial charge is 0.496 e. The lowest BCUT2D eigenvalue weighted by atomic mass is 10.2. The molecule has 0 saturated carbocycles. The van der Waals surface area contributed by atoms with Crippen LogP contribution in [0.2, 0.25) is 0 Å². The molecule has 0 aliphatic carbocycles. The van der Waals surface area contributed by atoms with Gasteiger partial charge in [-0.1, -0.05) is 15.9 Å². The Morgan fingerprint density at radius 1 is 1.38 bits per heavy atom. The second-order valence-corrected chi connectivity index (χ2v) is 4.37. The molecule has 0 bridgehead atoms. The van der Waals surface area contributed by atoms with Gasteiger partial charge in [-0.2, -0.15) is 5.10 Å². The molecule has 1 aromatic carbocycles. The lowest BCUT2D eigenvalue weighted by Gasteiger charge is -2.07. The molecule has 0 saturated heterocycles. The molecule has 0 spiro atoms. The molecule has 0 N–H and O–H groups in total. The Morgan fingerprint density at radius 3 is 2.69 bits per heavy atom. The molecule has 84 valence electrons. The molecule has 16 heavy (non-hydrogen) atoms. The number of methoxy groups -OCH3 is 1. The fourth-order valence-corrected chi connectivity index (χ4v) is 1.96. The number of hydrogen-bond acceptors (Lipinski definition) is 3. The average molecular weight is 282 g/mol. The van der Waals surface area contributed by atoms with Gasteiger partial charge in [0.1, 0.15) is 11.6 Å². The van der Waals surface area contributed by atoms with Crippen molar-refractivity contribution in [2.75, 3.05) is 7.11 Å². The van der Waals surface area contributed by atoms with Crippen LogP contribution in [0.3, 0.4) is 0 Å². The Hall–Kier alpha value is -1.36. The Bertz CT molecular complexity index is 522. The number of nitrogens with zero attached hydrogens (tertiary/aromatic N) is 3. The van der Waals surface area contributed by atoms with Crippen LogP contribution in [0.1, 0.15) is 5.82 Å². The smallest absolute Gasteiger partial charge is 0.161 e. The minimum Gasteiger partial charge on any atom is -0.496 e. The van der Waals surface area contributed by atoms with Crippen molar-refractivity contribution in [1.29, 1.82) is 0 Å². The van der Waals surface area contributed by atoms with Crippen LogP contribution in [0.4, 0.5) is 0 Å². The van der Waals surface area contributed by atoms with Crippen LogP contribution in [-0.2, 0) is 7.05 Å². The minimum absolute atomic E-state index is 0.750. The van der Waals surface area contributed by atoms with Gasteiger partial charge in [0.15, 0.2) is 5.82 Å². The van der Waals surface area contributed by atoms with Gasteiger partial charge in [0.05, 0.1) is 12.7 Å². The number of aromatic nitrogens is 3. The molecule has 0 unspecified atom stereocenters. The van der Waals surface area contributed by atoms with Crippen LogP contribution >= 0.6 is 15.9 Å². The van der Waals surface area contributed by atoms with Gasteiger partial charge in [0.25, 0.3) is 0 Å². The van der Waals surface area contributed by atoms with E-state index in [1.54, 1.807) is 11.8 Å². The van der Waals surface area contributed by atoms with E-state index in [-0.39, 0.29) is 0 Å². The molecular weight excluding hydrogens is 270 g/mol. The van der Waals surface area contributed by atoms with E-state index >= 15 is 0 Å². The molecule has 0 radical (unpaired) electrons. The van der Waals surface area contributed by atoms with Crippen LogP contribution in [0.25, 0.3) is 11.4 Å². The van der Waals surface area contributed by atoms with Gasteiger partial charge < -0.3 is 4.74 Å². The number of hydrogen-bond donors (Lipinski definition) is 0. The predicted molar refractivity (Wildman–Crippen MR) is 65.4 cm³/mol. The van der Waals surface area contributed by atoms with Crippen molar-refractivity contribution in [2.45, 2.75) is 6.92 Å². The predicted octanol–water partition coefficient (Wildman–Crippen LogP) is 2.56. The first-order chi connectivity index (χ1) is 7.61. The van der Waals surface area contributed by atoms with E-state index in [0.29, 0.717) is 0 Å². The molecule has 4 nitrogen and oxygen atoms in total. The summed E-state index contributed by atoms with van der Waals surface area (Å²) in [5.74, 6) is 2.34. The second kappa shape index (κ2) is 4.25. The summed E-state index contributed by atoms with van der Waals surface area (Å²) in [6.07, 6.45) is 0. The molecule has 0 amide bonds. The lowest BCUT2D eigenvalue weighted by molar-refractivity contribution is 0.416. The summed E-state index contributed by atoms with van der Waals surface area (Å²) in [5, 5.41) is 4.23. The molecule has 1 aromatic heterocycles. The van der Waals surface area contributed by atoms with E-state index < -0.39 is 0 Å². The molecule has 0 fully saturated rings. The normalized spacial score (nSPS) is 10.5. The molecule has 2 rings (SSSR count). The van der Waals surface area contributed by atoms with Crippen molar-refractivity contribution in [2.24, 2.45) is 7.05 Å². The van der Waals surface area contributed by atoms with Crippen molar-refractivity contribution in [3.63, 3.8) is 0 Å². The van der Waals surface area contributed by atoms with Gasteiger partial charge in [0, 0.05) is 11.5 Å². The van der Waals surface area contributed by atoms with E-state index in [1.165, 1.54) is 0 Å². The maximum atomic E-state index is 5.32. The first kappa shape index (κ1) is 11.1. The molecule has 5 heteroatoms. The number of rotatable bonds is 2. The second-order valence-electron chi connectivity index (χ2n) is 3.45. The molecule has 2 aromatic rings. The first-order valence-corrected chi connectivity index (χ1v) is 5.62. The van der Waals surface area contributed by atoms with Crippen LogP contribution in [-0.4, -0.2) is 21.9 Å². The van der Waals surface area contributed by atoms with Gasteiger partial charge in [-0.25, -0.2) is 9.67 Å². The van der Waals surface area contributed by atoms with Crippen molar-refractivity contribution in [3.8, 4) is 17.1 Å². The third kappa shape index (κ3) is 1.95. The average Bonchev–Trinajstić information content (AvgIpc) is 2.57. The fourth-order valence-electron chi connectivity index (χ4n) is 1.60. The van der Waals surface area contributed by atoms with Gasteiger partial charge in [0.2, 0.25) is 0 Å². The highest BCUT2D eigenvalue weighted by molar-refractivity contribution is 9.10. The zero-order chi connectivity index (χ0) is 11.7. The third-order valence-corrected chi connectivity index (χ3v) is 2.76. The fraction of sp³-hybridized carbons (Fsp3) is 0.273. The molecule has 0 atom stereocenters. The molecule has 0 aliphatic rings. The Kier molecular flexibility index (Phi) is 2.96. The Labute approximate surface area is 102 Å². The van der Waals surface area contributed by atoms with Gasteiger partial charge in [-0.15, -0.1) is 0 Å². The van der Waals surface area contributed by atoms with E-state index in [4.69, 9.17) is 4.74 Å². The monoisotopic (exact) mass is 281 g/mol. The van der Waals surface area contributed by atoms with Crippen molar-refractivity contribution in [3.05, 3.63) is 28.5 Å². The number of ether oxygens (including phenoxy) is 1. The van der Waals surface area contributed by atoms with Gasteiger partial charge in [-0.05, 0) is 25.1 Å². The summed E-state index contributed by atoms with van der Waals surface area (Å²) >= 11 is 3.44. The molecule has 0 aliphatic heterocycles. The SMILES string of the molecule is COc1ccc(Br)cc1-c1nc(C)nn1C. The summed E-state index contributed by atoms with van der Waals surface area (Å²) in [6, 6.07) is 5.82. The zero-order valence-electron chi connectivity index (χ0n) is 9.36. The molecule has 1 heterocycles. The summed E-state index contributed by atoms with van der Waals surface area (Å²) in [4.78, 5) is 4.38. The molecular formula is C11H12BrN3O. The maximum Gasteiger partial charge on any atom is 0.161 e. The summed E-state index contributed by atoms with van der Waals surface area (Å²) in [6.45, 7) is 1.87. The summed E-state index contributed by atoms with van der Waals surface area (Å²) in [7, 11) is 3.52. The van der Waals surface area contributed by atoms with Crippen molar-refractivity contribution >= 4 is 15.9 Å². The zero-order valence-corrected chi connectivity index (χ0v) is 10.9. The topological polar surface area (TPSA) is 39.9 Å². The Morgan fingerprint density at radius 2 is 2.12 bits per heavy atom. The van der Waals surface area contributed by atoms with E-state index in [0.717, 1.165) is 27.4 Å². The summed E-state index contributed by atoms with van der Waals surface area (Å²) < 4.78 is 8.06. The van der Waals surface area contributed by atoms with Gasteiger partial charge in [-0.3, -0.25) is 0 Å². The number of halogens is 1. The van der Waals surface area contributed by atoms with Crippen LogP contribution in [0, 0.1) is 6.92 Å². The summed E-state index contributed by atoms with van der Waals surface area (Å²) in [5.41, 5.74) is 0.931. The highest BCUT2D eigenvalue weighted by atomic mass is 79.9. The van der Waals surface area contributed by atoms with Crippen LogP contribution < -0.4 is 4.74 Å². The highest BCUT2D eigenvalue weighted by Gasteiger charge is 2.12. The quantitative estimate of drug-likeness (QED) is 0.850. The van der Waals surface area contributed by atoms with Gasteiger partial charge >= 0.3 is 0 Å². The van der Waals surface area contributed by atoms with Crippen LogP contribution in [0.5, 0.6) is 5.75 Å². The van der Waals surface area contributed by atoms with E-state index in [1.807, 2.05) is 32.2 Å². The van der Waals surface area contributed by atoms with Crippen LogP contribution in [0.15, 0.2) is 22.7 Å². The maximum absolute atomic E-state index is 5.32. The van der Waals surface area contributed by atoms with Crippen molar-refractivity contribution < 1.29 is 4.74 Å². The highest BCUT2D eigenvalue weighted by Crippen LogP contribution is 2.31. The third-order valence-electron chi connectivity index (χ3n) is 2.27. The van der Waals surface area contributed by atoms with E-state index in [9.17, 15) is 0 Å². The van der Waals surface area contributed by atoms with Crippen molar-refractivity contribution in [1.82, 2.24) is 14.8 Å².